The van der Waals surface area contributed by atoms with E-state index in [2.05, 4.69) is 5.32 Å². The molecule has 0 bridgehead atoms. The van der Waals surface area contributed by atoms with E-state index in [0.717, 1.165) is 11.3 Å². The van der Waals surface area contributed by atoms with Crippen molar-refractivity contribution in [1.29, 1.82) is 0 Å². The van der Waals surface area contributed by atoms with Crippen LogP contribution in [-0.2, 0) is 0 Å². The molecule has 19 heavy (non-hydrogen) atoms. The topological polar surface area (TPSA) is 41.5 Å². The zero-order valence-electron chi connectivity index (χ0n) is 10.9. The van der Waals surface area contributed by atoms with Gasteiger partial charge in [0.1, 0.15) is 5.75 Å². The maximum atomic E-state index is 13.2. The minimum absolute atomic E-state index is 0.0230. The molecule has 0 aliphatic carbocycles. The molecule has 3 nitrogen and oxygen atoms in total. The zero-order valence-corrected chi connectivity index (χ0v) is 10.9. The number of benzene rings is 2. The van der Waals surface area contributed by atoms with Gasteiger partial charge in [-0.25, -0.2) is 4.39 Å². The molecule has 0 fully saturated rings. The molecule has 2 rings (SSSR count). The number of ether oxygens (including phenoxy) is 1. The Morgan fingerprint density at radius 2 is 1.84 bits per heavy atom. The molecule has 0 aliphatic rings. The van der Waals surface area contributed by atoms with Gasteiger partial charge in [-0.2, -0.15) is 0 Å². The summed E-state index contributed by atoms with van der Waals surface area (Å²) in [5.74, 6) is -0.179. The van der Waals surface area contributed by atoms with Crippen molar-refractivity contribution in [3.8, 4) is 11.5 Å². The second-order valence-electron chi connectivity index (χ2n) is 4.31. The summed E-state index contributed by atoms with van der Waals surface area (Å²) in [6.07, 6.45) is 0. The average molecular weight is 261 g/mol. The van der Waals surface area contributed by atoms with Gasteiger partial charge in [-0.3, -0.25) is 0 Å². The second-order valence-corrected chi connectivity index (χ2v) is 4.31. The fraction of sp³-hybridized carbons (Fsp3) is 0.200. The standard InChI is InChI=1S/C15H16FNO2/c1-10(11-3-6-13(19-2)7-4-11)17-12-5-8-15(18)14(16)9-12/h3-10,17-18H,1-2H3. The van der Waals surface area contributed by atoms with Crippen LogP contribution in [0.2, 0.25) is 0 Å². The number of phenols is 1. The van der Waals surface area contributed by atoms with Crippen molar-refractivity contribution in [2.45, 2.75) is 13.0 Å². The molecular weight excluding hydrogens is 245 g/mol. The number of aromatic hydroxyl groups is 1. The Labute approximate surface area is 111 Å². The number of anilines is 1. The molecule has 0 spiro atoms. The normalized spacial score (nSPS) is 11.9. The Bertz CT molecular complexity index is 555. The molecule has 0 saturated heterocycles. The Morgan fingerprint density at radius 1 is 1.16 bits per heavy atom. The van der Waals surface area contributed by atoms with Gasteiger partial charge in [-0.05, 0) is 36.8 Å². The summed E-state index contributed by atoms with van der Waals surface area (Å²) >= 11 is 0. The number of hydrogen-bond donors (Lipinski definition) is 2. The summed E-state index contributed by atoms with van der Waals surface area (Å²) in [7, 11) is 1.62. The number of nitrogens with one attached hydrogen (secondary N) is 1. The number of rotatable bonds is 4. The Morgan fingerprint density at radius 3 is 2.42 bits per heavy atom. The molecule has 1 unspecified atom stereocenters. The lowest BCUT2D eigenvalue weighted by atomic mass is 10.1. The predicted molar refractivity (Wildman–Crippen MR) is 73.1 cm³/mol. The highest BCUT2D eigenvalue weighted by Gasteiger charge is 2.07. The van der Waals surface area contributed by atoms with Crippen molar-refractivity contribution in [1.82, 2.24) is 0 Å². The van der Waals surface area contributed by atoms with Crippen LogP contribution in [0, 0.1) is 5.82 Å². The molecule has 0 radical (unpaired) electrons. The molecule has 0 heterocycles. The predicted octanol–water partition coefficient (Wildman–Crippen LogP) is 3.71. The summed E-state index contributed by atoms with van der Waals surface area (Å²) in [5, 5.41) is 12.3. The van der Waals surface area contributed by atoms with E-state index in [4.69, 9.17) is 9.84 Å². The van der Waals surface area contributed by atoms with Crippen LogP contribution in [0.1, 0.15) is 18.5 Å². The van der Waals surface area contributed by atoms with Gasteiger partial charge in [0, 0.05) is 17.8 Å². The lowest BCUT2D eigenvalue weighted by Gasteiger charge is -2.16. The number of hydrogen-bond acceptors (Lipinski definition) is 3. The van der Waals surface area contributed by atoms with E-state index in [0.29, 0.717) is 5.69 Å². The van der Waals surface area contributed by atoms with E-state index < -0.39 is 5.82 Å². The average Bonchev–Trinajstić information content (AvgIpc) is 2.43. The van der Waals surface area contributed by atoms with Crippen molar-refractivity contribution < 1.29 is 14.2 Å². The van der Waals surface area contributed by atoms with Crippen LogP contribution in [0.25, 0.3) is 0 Å². The Hall–Kier alpha value is -2.23. The van der Waals surface area contributed by atoms with E-state index in [1.807, 2.05) is 31.2 Å². The Kier molecular flexibility index (Phi) is 3.90. The highest BCUT2D eigenvalue weighted by atomic mass is 19.1. The molecule has 0 amide bonds. The summed E-state index contributed by atoms with van der Waals surface area (Å²) in [5.41, 5.74) is 1.69. The fourth-order valence-electron chi connectivity index (χ4n) is 1.82. The van der Waals surface area contributed by atoms with Crippen LogP contribution in [0.15, 0.2) is 42.5 Å². The van der Waals surface area contributed by atoms with Gasteiger partial charge in [0.05, 0.1) is 7.11 Å². The number of phenolic OH excluding ortho intramolecular Hbond substituents is 1. The van der Waals surface area contributed by atoms with Gasteiger partial charge in [-0.1, -0.05) is 12.1 Å². The van der Waals surface area contributed by atoms with E-state index in [-0.39, 0.29) is 11.8 Å². The molecular formula is C15H16FNO2. The molecule has 2 aromatic rings. The van der Waals surface area contributed by atoms with Crippen LogP contribution >= 0.6 is 0 Å². The van der Waals surface area contributed by atoms with Gasteiger partial charge in [-0.15, -0.1) is 0 Å². The van der Waals surface area contributed by atoms with Crippen molar-refractivity contribution in [3.05, 3.63) is 53.8 Å². The first-order chi connectivity index (χ1) is 9.10. The monoisotopic (exact) mass is 261 g/mol. The summed E-state index contributed by atoms with van der Waals surface area (Å²) in [6.45, 7) is 1.98. The molecule has 0 saturated carbocycles. The fourth-order valence-corrected chi connectivity index (χ4v) is 1.82. The third-order valence-corrected chi connectivity index (χ3v) is 2.95. The number of methoxy groups -OCH3 is 1. The van der Waals surface area contributed by atoms with Crippen molar-refractivity contribution in [3.63, 3.8) is 0 Å². The van der Waals surface area contributed by atoms with E-state index in [9.17, 15) is 4.39 Å². The molecule has 2 aromatic carbocycles. The minimum atomic E-state index is -0.632. The van der Waals surface area contributed by atoms with Gasteiger partial charge >= 0.3 is 0 Å². The lowest BCUT2D eigenvalue weighted by Crippen LogP contribution is -2.06. The SMILES string of the molecule is COc1ccc(C(C)Nc2ccc(O)c(F)c2)cc1. The quantitative estimate of drug-likeness (QED) is 0.824. The van der Waals surface area contributed by atoms with Gasteiger partial charge in [0.25, 0.3) is 0 Å². The highest BCUT2D eigenvalue weighted by Crippen LogP contribution is 2.24. The largest absolute Gasteiger partial charge is 0.505 e. The second kappa shape index (κ2) is 5.61. The van der Waals surface area contributed by atoms with Crippen LogP contribution in [0.4, 0.5) is 10.1 Å². The smallest absolute Gasteiger partial charge is 0.166 e. The number of halogens is 1. The molecule has 100 valence electrons. The molecule has 0 aromatic heterocycles. The van der Waals surface area contributed by atoms with E-state index >= 15 is 0 Å². The van der Waals surface area contributed by atoms with Gasteiger partial charge in [0.2, 0.25) is 0 Å². The van der Waals surface area contributed by atoms with E-state index in [1.54, 1.807) is 13.2 Å². The zero-order chi connectivity index (χ0) is 13.8. The lowest BCUT2D eigenvalue weighted by molar-refractivity contribution is 0.414. The van der Waals surface area contributed by atoms with Crippen LogP contribution in [-0.4, -0.2) is 12.2 Å². The molecule has 1 atom stereocenters. The summed E-state index contributed by atoms with van der Waals surface area (Å²) in [6, 6.07) is 11.9. The van der Waals surface area contributed by atoms with Crippen LogP contribution in [0.5, 0.6) is 11.5 Å². The van der Waals surface area contributed by atoms with Crippen molar-refractivity contribution >= 4 is 5.69 Å². The van der Waals surface area contributed by atoms with Crippen LogP contribution < -0.4 is 10.1 Å². The first-order valence-electron chi connectivity index (χ1n) is 5.99. The minimum Gasteiger partial charge on any atom is -0.505 e. The third kappa shape index (κ3) is 3.16. The van der Waals surface area contributed by atoms with Crippen LogP contribution in [0.3, 0.4) is 0 Å². The van der Waals surface area contributed by atoms with Crippen molar-refractivity contribution in [2.75, 3.05) is 12.4 Å². The van der Waals surface area contributed by atoms with Gasteiger partial charge < -0.3 is 15.2 Å². The molecule has 2 N–H and O–H groups in total. The van der Waals surface area contributed by atoms with E-state index in [1.165, 1.54) is 12.1 Å². The summed E-state index contributed by atoms with van der Waals surface area (Å²) < 4.78 is 18.3. The first-order valence-corrected chi connectivity index (χ1v) is 5.99. The molecule has 4 heteroatoms. The highest BCUT2D eigenvalue weighted by molar-refractivity contribution is 5.48. The maximum Gasteiger partial charge on any atom is 0.166 e. The first kappa shape index (κ1) is 13.2. The Balaban J connectivity index is 2.10. The van der Waals surface area contributed by atoms with Gasteiger partial charge in [0.15, 0.2) is 11.6 Å². The summed E-state index contributed by atoms with van der Waals surface area (Å²) in [4.78, 5) is 0. The maximum absolute atomic E-state index is 13.2. The third-order valence-electron chi connectivity index (χ3n) is 2.95. The molecule has 0 aliphatic heterocycles. The van der Waals surface area contributed by atoms with Crippen molar-refractivity contribution in [2.24, 2.45) is 0 Å².